The van der Waals surface area contributed by atoms with Crippen LogP contribution in [0.3, 0.4) is 0 Å². The number of aromatic nitrogens is 1. The summed E-state index contributed by atoms with van der Waals surface area (Å²) in [6, 6.07) is 0.125. The number of alkyl halides is 5. The molecular formula is C7H4F5NO. The van der Waals surface area contributed by atoms with Crippen LogP contribution in [0.2, 0.25) is 0 Å². The summed E-state index contributed by atoms with van der Waals surface area (Å²) in [5, 5.41) is 8.76. The molecule has 0 radical (unpaired) electrons. The summed E-state index contributed by atoms with van der Waals surface area (Å²) in [6.07, 6.45) is -7.61. The predicted octanol–water partition coefficient (Wildman–Crippen LogP) is 2.74. The molecule has 0 unspecified atom stereocenters. The van der Waals surface area contributed by atoms with Gasteiger partial charge in [-0.1, -0.05) is 0 Å². The third-order valence-electron chi connectivity index (χ3n) is 1.44. The predicted molar refractivity (Wildman–Crippen MR) is 35.9 cm³/mol. The highest BCUT2D eigenvalue weighted by molar-refractivity contribution is 5.32. The first-order valence-electron chi connectivity index (χ1n) is 3.36. The van der Waals surface area contributed by atoms with Crippen LogP contribution in [0.4, 0.5) is 22.0 Å². The molecule has 1 rings (SSSR count). The fraction of sp³-hybridized carbons (Fsp3) is 0.286. The van der Waals surface area contributed by atoms with Crippen molar-refractivity contribution in [3.05, 3.63) is 23.5 Å². The van der Waals surface area contributed by atoms with Gasteiger partial charge >= 0.3 is 6.18 Å². The van der Waals surface area contributed by atoms with Crippen LogP contribution in [0, 0.1) is 0 Å². The van der Waals surface area contributed by atoms with Gasteiger partial charge in [-0.25, -0.2) is 13.8 Å². The van der Waals surface area contributed by atoms with Crippen LogP contribution < -0.4 is 0 Å². The Labute approximate surface area is 75.0 Å². The number of halogens is 5. The van der Waals surface area contributed by atoms with Gasteiger partial charge in [0, 0.05) is 0 Å². The Hall–Kier alpha value is -1.40. The summed E-state index contributed by atoms with van der Waals surface area (Å²) in [5.74, 6) is -0.951. The normalized spacial score (nSPS) is 12.1. The molecule has 0 saturated carbocycles. The van der Waals surface area contributed by atoms with Crippen molar-refractivity contribution in [1.82, 2.24) is 4.98 Å². The second-order valence-corrected chi connectivity index (χ2v) is 2.43. The molecule has 1 aromatic heterocycles. The van der Waals surface area contributed by atoms with Gasteiger partial charge < -0.3 is 5.11 Å². The summed E-state index contributed by atoms with van der Waals surface area (Å²) in [7, 11) is 0. The highest BCUT2D eigenvalue weighted by Crippen LogP contribution is 2.33. The fourth-order valence-electron chi connectivity index (χ4n) is 0.794. The van der Waals surface area contributed by atoms with Gasteiger partial charge in [0.15, 0.2) is 0 Å². The van der Waals surface area contributed by atoms with Crippen LogP contribution in [-0.2, 0) is 6.18 Å². The van der Waals surface area contributed by atoms with E-state index in [1.807, 2.05) is 0 Å². The molecule has 0 spiro atoms. The minimum Gasteiger partial charge on any atom is -0.506 e. The average molecular weight is 213 g/mol. The highest BCUT2D eigenvalue weighted by Gasteiger charge is 2.33. The van der Waals surface area contributed by atoms with Crippen molar-refractivity contribution >= 4 is 0 Å². The number of aromatic hydroxyl groups is 1. The van der Waals surface area contributed by atoms with E-state index in [-0.39, 0.29) is 6.07 Å². The van der Waals surface area contributed by atoms with Crippen molar-refractivity contribution in [2.24, 2.45) is 0 Å². The van der Waals surface area contributed by atoms with E-state index >= 15 is 0 Å². The van der Waals surface area contributed by atoms with Crippen molar-refractivity contribution in [2.45, 2.75) is 12.6 Å². The van der Waals surface area contributed by atoms with Crippen LogP contribution in [0.5, 0.6) is 5.75 Å². The molecule has 0 aliphatic rings. The molecule has 0 amide bonds. The van der Waals surface area contributed by atoms with Crippen LogP contribution in [0.15, 0.2) is 12.3 Å². The number of pyridine rings is 1. The van der Waals surface area contributed by atoms with E-state index in [4.69, 9.17) is 5.11 Å². The maximum Gasteiger partial charge on any atom is 0.433 e. The molecule has 14 heavy (non-hydrogen) atoms. The zero-order chi connectivity index (χ0) is 10.9. The van der Waals surface area contributed by atoms with Crippen molar-refractivity contribution in [2.75, 3.05) is 0 Å². The van der Waals surface area contributed by atoms with E-state index < -0.39 is 29.6 Å². The van der Waals surface area contributed by atoms with Crippen molar-refractivity contribution in [1.29, 1.82) is 0 Å². The second kappa shape index (κ2) is 3.39. The molecule has 78 valence electrons. The lowest BCUT2D eigenvalue weighted by molar-refractivity contribution is -0.141. The largest absolute Gasteiger partial charge is 0.506 e. The van der Waals surface area contributed by atoms with E-state index in [1.165, 1.54) is 0 Å². The minimum absolute atomic E-state index is 0.125. The standard InChI is InChI=1S/C7H4F5NO/c8-6(9)3-1-5(7(10,11)12)13-2-4(3)14/h1-2,6,14H. The number of rotatable bonds is 1. The fourth-order valence-corrected chi connectivity index (χ4v) is 0.794. The maximum absolute atomic E-state index is 12.0. The van der Waals surface area contributed by atoms with E-state index in [0.29, 0.717) is 6.20 Å². The summed E-state index contributed by atoms with van der Waals surface area (Å²) in [5.41, 5.74) is -2.53. The third kappa shape index (κ3) is 2.09. The Balaban J connectivity index is 3.20. The highest BCUT2D eigenvalue weighted by atomic mass is 19.4. The smallest absolute Gasteiger partial charge is 0.433 e. The Bertz CT molecular complexity index is 335. The van der Waals surface area contributed by atoms with Gasteiger partial charge in [-0.3, -0.25) is 0 Å². The van der Waals surface area contributed by atoms with E-state index in [9.17, 15) is 22.0 Å². The molecule has 0 aliphatic heterocycles. The monoisotopic (exact) mass is 213 g/mol. The third-order valence-corrected chi connectivity index (χ3v) is 1.44. The van der Waals surface area contributed by atoms with Gasteiger partial charge in [-0.2, -0.15) is 13.2 Å². The van der Waals surface area contributed by atoms with E-state index in [2.05, 4.69) is 4.98 Å². The SMILES string of the molecule is Oc1cnc(C(F)(F)F)cc1C(F)F. The molecule has 1 aromatic rings. The molecule has 7 heteroatoms. The Morgan fingerprint density at radius 1 is 1.29 bits per heavy atom. The summed E-state index contributed by atoms with van der Waals surface area (Å²) in [4.78, 5) is 2.78. The first-order valence-corrected chi connectivity index (χ1v) is 3.36. The van der Waals surface area contributed by atoms with Gasteiger partial charge in [-0.05, 0) is 6.07 Å². The summed E-state index contributed by atoms with van der Waals surface area (Å²) < 4.78 is 60.0. The van der Waals surface area contributed by atoms with Gasteiger partial charge in [0.25, 0.3) is 6.43 Å². The van der Waals surface area contributed by atoms with Crippen molar-refractivity contribution in [3.63, 3.8) is 0 Å². The van der Waals surface area contributed by atoms with Gasteiger partial charge in [-0.15, -0.1) is 0 Å². The lowest BCUT2D eigenvalue weighted by atomic mass is 10.2. The van der Waals surface area contributed by atoms with Crippen LogP contribution >= 0.6 is 0 Å². The molecule has 0 saturated heterocycles. The number of hydrogen-bond donors (Lipinski definition) is 1. The maximum atomic E-state index is 12.0. The van der Waals surface area contributed by atoms with E-state index in [1.54, 1.807) is 0 Å². The zero-order valence-corrected chi connectivity index (χ0v) is 6.52. The Morgan fingerprint density at radius 2 is 1.86 bits per heavy atom. The minimum atomic E-state index is -4.79. The molecule has 2 nitrogen and oxygen atoms in total. The second-order valence-electron chi connectivity index (χ2n) is 2.43. The van der Waals surface area contributed by atoms with Gasteiger partial charge in [0.1, 0.15) is 11.4 Å². The lowest BCUT2D eigenvalue weighted by Crippen LogP contribution is -2.08. The number of hydrogen-bond acceptors (Lipinski definition) is 2. The zero-order valence-electron chi connectivity index (χ0n) is 6.52. The first kappa shape index (κ1) is 10.7. The Kier molecular flexibility index (Phi) is 2.59. The van der Waals surface area contributed by atoms with Crippen molar-refractivity contribution < 1.29 is 27.1 Å². The topological polar surface area (TPSA) is 33.1 Å². The molecule has 0 atom stereocenters. The molecule has 1 heterocycles. The molecule has 0 bridgehead atoms. The molecule has 0 aliphatic carbocycles. The summed E-state index contributed by atoms with van der Waals surface area (Å²) >= 11 is 0. The van der Waals surface area contributed by atoms with Crippen LogP contribution in [0.1, 0.15) is 17.7 Å². The van der Waals surface area contributed by atoms with Crippen molar-refractivity contribution in [3.8, 4) is 5.75 Å². The quantitative estimate of drug-likeness (QED) is 0.727. The molecule has 0 aromatic carbocycles. The number of nitrogens with zero attached hydrogens (tertiary/aromatic N) is 1. The average Bonchev–Trinajstić information content (AvgIpc) is 2.02. The lowest BCUT2D eigenvalue weighted by Gasteiger charge is -2.08. The van der Waals surface area contributed by atoms with Gasteiger partial charge in [0.2, 0.25) is 0 Å². The first-order chi connectivity index (χ1) is 6.32. The molecule has 1 N–H and O–H groups in total. The van der Waals surface area contributed by atoms with Crippen LogP contribution in [-0.4, -0.2) is 10.1 Å². The molecular weight excluding hydrogens is 209 g/mol. The molecule has 0 fully saturated rings. The van der Waals surface area contributed by atoms with Gasteiger partial charge in [0.05, 0.1) is 11.8 Å². The summed E-state index contributed by atoms with van der Waals surface area (Å²) in [6.45, 7) is 0. The van der Waals surface area contributed by atoms with Crippen LogP contribution in [0.25, 0.3) is 0 Å². The van der Waals surface area contributed by atoms with E-state index in [0.717, 1.165) is 0 Å². The Morgan fingerprint density at radius 3 is 2.29 bits per heavy atom.